The van der Waals surface area contributed by atoms with Gasteiger partial charge >= 0.3 is 0 Å². The number of aryl methyl sites for hydroxylation is 2. The Morgan fingerprint density at radius 3 is 2.16 bits per heavy atom. The second kappa shape index (κ2) is 5.74. The number of hydrogen-bond donors (Lipinski definition) is 2. The number of carbonyl (C=O) groups is 1. The van der Waals surface area contributed by atoms with Gasteiger partial charge in [-0.15, -0.1) is 0 Å². The first kappa shape index (κ1) is 14.1. The van der Waals surface area contributed by atoms with Crippen molar-refractivity contribution < 1.29 is 4.79 Å². The second-order valence-electron chi connectivity index (χ2n) is 5.65. The Kier molecular flexibility index (Phi) is 4.25. The molecule has 1 aromatic rings. The van der Waals surface area contributed by atoms with E-state index in [9.17, 15) is 4.79 Å². The average molecular weight is 260 g/mol. The quantitative estimate of drug-likeness (QED) is 0.858. The summed E-state index contributed by atoms with van der Waals surface area (Å²) in [5.41, 5.74) is 5.87. The SMILES string of the molecule is Cc1cc(C)c(C)c(NC(=O)C2CCNCC2)c1C. The summed E-state index contributed by atoms with van der Waals surface area (Å²) in [6.45, 7) is 10.3. The minimum atomic E-state index is 0.154. The van der Waals surface area contributed by atoms with Crippen molar-refractivity contribution >= 4 is 11.6 Å². The van der Waals surface area contributed by atoms with Crippen molar-refractivity contribution in [3.05, 3.63) is 28.3 Å². The number of hydrogen-bond acceptors (Lipinski definition) is 2. The van der Waals surface area contributed by atoms with Gasteiger partial charge in [-0.25, -0.2) is 0 Å². The van der Waals surface area contributed by atoms with Gasteiger partial charge in [0.15, 0.2) is 0 Å². The Labute approximate surface area is 115 Å². The highest BCUT2D eigenvalue weighted by Gasteiger charge is 2.22. The lowest BCUT2D eigenvalue weighted by atomic mass is 9.95. The molecular formula is C16H24N2O. The van der Waals surface area contributed by atoms with Crippen LogP contribution in [0.5, 0.6) is 0 Å². The van der Waals surface area contributed by atoms with Gasteiger partial charge < -0.3 is 10.6 Å². The molecule has 0 spiro atoms. The fourth-order valence-electron chi connectivity index (χ4n) is 2.71. The predicted molar refractivity (Wildman–Crippen MR) is 79.6 cm³/mol. The van der Waals surface area contributed by atoms with Crippen LogP contribution in [0.1, 0.15) is 35.1 Å². The number of amides is 1. The van der Waals surface area contributed by atoms with Crippen molar-refractivity contribution in [3.8, 4) is 0 Å². The molecule has 1 fully saturated rings. The largest absolute Gasteiger partial charge is 0.325 e. The molecule has 1 aliphatic rings. The van der Waals surface area contributed by atoms with Gasteiger partial charge in [0.05, 0.1) is 0 Å². The fourth-order valence-corrected chi connectivity index (χ4v) is 2.71. The van der Waals surface area contributed by atoms with Crippen molar-refractivity contribution in [1.82, 2.24) is 5.32 Å². The summed E-state index contributed by atoms with van der Waals surface area (Å²) < 4.78 is 0. The summed E-state index contributed by atoms with van der Waals surface area (Å²) in [6.07, 6.45) is 1.88. The van der Waals surface area contributed by atoms with Crippen molar-refractivity contribution in [3.63, 3.8) is 0 Å². The minimum Gasteiger partial charge on any atom is -0.325 e. The molecule has 3 nitrogen and oxygen atoms in total. The lowest BCUT2D eigenvalue weighted by molar-refractivity contribution is -0.120. The molecule has 0 unspecified atom stereocenters. The molecule has 1 aliphatic heterocycles. The predicted octanol–water partition coefficient (Wildman–Crippen LogP) is 2.86. The summed E-state index contributed by atoms with van der Waals surface area (Å²) >= 11 is 0. The zero-order valence-corrected chi connectivity index (χ0v) is 12.4. The highest BCUT2D eigenvalue weighted by atomic mass is 16.1. The van der Waals surface area contributed by atoms with E-state index >= 15 is 0 Å². The van der Waals surface area contributed by atoms with E-state index in [1.165, 1.54) is 22.3 Å². The molecule has 3 heteroatoms. The Morgan fingerprint density at radius 1 is 1.11 bits per heavy atom. The summed E-state index contributed by atoms with van der Waals surface area (Å²) in [7, 11) is 0. The number of benzene rings is 1. The first-order chi connectivity index (χ1) is 9.00. The standard InChI is InChI=1S/C16H24N2O/c1-10-9-11(2)13(4)15(12(10)3)18-16(19)14-5-7-17-8-6-14/h9,14,17H,5-8H2,1-4H3,(H,18,19). The van der Waals surface area contributed by atoms with Gasteiger partial charge in [-0.05, 0) is 75.9 Å². The van der Waals surface area contributed by atoms with Gasteiger partial charge in [0, 0.05) is 11.6 Å². The molecule has 2 N–H and O–H groups in total. The van der Waals surface area contributed by atoms with Gasteiger partial charge in [-0.3, -0.25) is 4.79 Å². The first-order valence-electron chi connectivity index (χ1n) is 7.09. The third-order valence-corrected chi connectivity index (χ3v) is 4.32. The van der Waals surface area contributed by atoms with Gasteiger partial charge in [-0.1, -0.05) is 6.07 Å². The third-order valence-electron chi connectivity index (χ3n) is 4.32. The second-order valence-corrected chi connectivity index (χ2v) is 5.65. The van der Waals surface area contributed by atoms with Gasteiger partial charge in [0.2, 0.25) is 5.91 Å². The molecule has 1 aromatic carbocycles. The van der Waals surface area contributed by atoms with Gasteiger partial charge in [0.25, 0.3) is 0 Å². The van der Waals surface area contributed by atoms with Crippen molar-refractivity contribution in [2.75, 3.05) is 18.4 Å². The van der Waals surface area contributed by atoms with Crippen LogP contribution in [-0.4, -0.2) is 19.0 Å². The van der Waals surface area contributed by atoms with E-state index in [1.807, 2.05) is 0 Å². The summed E-state index contributed by atoms with van der Waals surface area (Å²) in [5, 5.41) is 6.46. The topological polar surface area (TPSA) is 41.1 Å². The summed E-state index contributed by atoms with van der Waals surface area (Å²) in [5.74, 6) is 0.332. The molecule has 0 aliphatic carbocycles. The van der Waals surface area contributed by atoms with Gasteiger partial charge in [0.1, 0.15) is 0 Å². The molecule has 0 saturated carbocycles. The zero-order valence-electron chi connectivity index (χ0n) is 12.4. The van der Waals surface area contributed by atoms with E-state index in [1.54, 1.807) is 0 Å². The van der Waals surface area contributed by atoms with E-state index < -0.39 is 0 Å². The van der Waals surface area contributed by atoms with Crippen LogP contribution in [-0.2, 0) is 4.79 Å². The molecule has 0 atom stereocenters. The Bertz CT molecular complexity index is 462. The Hall–Kier alpha value is -1.35. The van der Waals surface area contributed by atoms with Crippen LogP contribution < -0.4 is 10.6 Å². The van der Waals surface area contributed by atoms with Crippen molar-refractivity contribution in [2.45, 2.75) is 40.5 Å². The van der Waals surface area contributed by atoms with Crippen LogP contribution in [0.2, 0.25) is 0 Å². The van der Waals surface area contributed by atoms with E-state index in [0.717, 1.165) is 31.6 Å². The molecular weight excluding hydrogens is 236 g/mol. The van der Waals surface area contributed by atoms with Crippen molar-refractivity contribution in [1.29, 1.82) is 0 Å². The Morgan fingerprint density at radius 2 is 1.63 bits per heavy atom. The molecule has 1 saturated heterocycles. The number of nitrogens with one attached hydrogen (secondary N) is 2. The van der Waals surface area contributed by atoms with Crippen LogP contribution in [0, 0.1) is 33.6 Å². The van der Waals surface area contributed by atoms with Crippen LogP contribution in [0.25, 0.3) is 0 Å². The molecule has 1 heterocycles. The van der Waals surface area contributed by atoms with Crippen molar-refractivity contribution in [2.24, 2.45) is 5.92 Å². The number of rotatable bonds is 2. The molecule has 1 amide bonds. The summed E-state index contributed by atoms with van der Waals surface area (Å²) in [6, 6.07) is 2.19. The minimum absolute atomic E-state index is 0.154. The lowest BCUT2D eigenvalue weighted by Crippen LogP contribution is -2.34. The molecule has 0 bridgehead atoms. The lowest BCUT2D eigenvalue weighted by Gasteiger charge is -2.23. The maximum Gasteiger partial charge on any atom is 0.227 e. The van der Waals surface area contributed by atoms with E-state index in [2.05, 4.69) is 44.4 Å². The normalized spacial score (nSPS) is 16.4. The van der Waals surface area contributed by atoms with Crippen LogP contribution >= 0.6 is 0 Å². The third kappa shape index (κ3) is 2.98. The van der Waals surface area contributed by atoms with Crippen LogP contribution in [0.15, 0.2) is 6.07 Å². The number of carbonyl (C=O) groups excluding carboxylic acids is 1. The maximum atomic E-state index is 12.4. The number of piperidine rings is 1. The van der Waals surface area contributed by atoms with E-state index in [-0.39, 0.29) is 11.8 Å². The molecule has 104 valence electrons. The molecule has 0 aromatic heterocycles. The number of anilines is 1. The smallest absolute Gasteiger partial charge is 0.227 e. The van der Waals surface area contributed by atoms with Crippen LogP contribution in [0.3, 0.4) is 0 Å². The molecule has 2 rings (SSSR count). The first-order valence-corrected chi connectivity index (χ1v) is 7.09. The van der Waals surface area contributed by atoms with Gasteiger partial charge in [-0.2, -0.15) is 0 Å². The zero-order chi connectivity index (χ0) is 14.0. The monoisotopic (exact) mass is 260 g/mol. The maximum absolute atomic E-state index is 12.4. The van der Waals surface area contributed by atoms with E-state index in [4.69, 9.17) is 0 Å². The highest BCUT2D eigenvalue weighted by molar-refractivity contribution is 5.94. The Balaban J connectivity index is 2.20. The van der Waals surface area contributed by atoms with E-state index in [0.29, 0.717) is 0 Å². The molecule has 0 radical (unpaired) electrons. The van der Waals surface area contributed by atoms with Crippen LogP contribution in [0.4, 0.5) is 5.69 Å². The highest BCUT2D eigenvalue weighted by Crippen LogP contribution is 2.27. The summed E-state index contributed by atoms with van der Waals surface area (Å²) in [4.78, 5) is 12.4. The average Bonchev–Trinajstić information content (AvgIpc) is 2.42. The molecule has 19 heavy (non-hydrogen) atoms. The fraction of sp³-hybridized carbons (Fsp3) is 0.562.